The summed E-state index contributed by atoms with van der Waals surface area (Å²) in [6, 6.07) is -0.0574. The van der Waals surface area contributed by atoms with E-state index in [0.29, 0.717) is 5.13 Å². The van der Waals surface area contributed by atoms with E-state index in [4.69, 9.17) is 0 Å². The van der Waals surface area contributed by atoms with Crippen LogP contribution in [0.2, 0.25) is 0 Å². The largest absolute Gasteiger partial charge is 0.346 e. The molecule has 0 bridgehead atoms. The molecule has 6 heteroatoms. The number of anilines is 1. The molecule has 88 valence electrons. The van der Waals surface area contributed by atoms with E-state index in [1.807, 2.05) is 13.8 Å². The van der Waals surface area contributed by atoms with Crippen LogP contribution in [-0.4, -0.2) is 22.8 Å². The molecular formula is C10H15N3O2S. The lowest BCUT2D eigenvalue weighted by Gasteiger charge is -2.06. The van der Waals surface area contributed by atoms with Gasteiger partial charge in [-0.25, -0.2) is 4.98 Å². The molecule has 2 N–H and O–H groups in total. The van der Waals surface area contributed by atoms with Crippen LogP contribution >= 0.6 is 11.3 Å². The van der Waals surface area contributed by atoms with E-state index in [9.17, 15) is 9.59 Å². The highest BCUT2D eigenvalue weighted by atomic mass is 32.1. The minimum absolute atomic E-state index is 0.0574. The van der Waals surface area contributed by atoms with E-state index in [-0.39, 0.29) is 6.04 Å². The van der Waals surface area contributed by atoms with Gasteiger partial charge in [0.2, 0.25) is 0 Å². The lowest BCUT2D eigenvalue weighted by Crippen LogP contribution is -2.39. The van der Waals surface area contributed by atoms with Crippen LogP contribution < -0.4 is 10.6 Å². The van der Waals surface area contributed by atoms with Crippen LogP contribution in [0.15, 0.2) is 0 Å². The van der Waals surface area contributed by atoms with Gasteiger partial charge in [0, 0.05) is 10.9 Å². The number of nitrogens with zero attached hydrogens (tertiary/aromatic N) is 1. The summed E-state index contributed by atoms with van der Waals surface area (Å²) in [5, 5.41) is 5.43. The second-order valence-electron chi connectivity index (χ2n) is 3.74. The van der Waals surface area contributed by atoms with Crippen molar-refractivity contribution in [3.05, 3.63) is 10.6 Å². The molecule has 0 saturated carbocycles. The molecule has 0 spiro atoms. The van der Waals surface area contributed by atoms with Gasteiger partial charge in [0.15, 0.2) is 5.13 Å². The number of rotatable bonds is 2. The molecule has 0 unspecified atom stereocenters. The van der Waals surface area contributed by atoms with E-state index in [2.05, 4.69) is 15.6 Å². The van der Waals surface area contributed by atoms with E-state index >= 15 is 0 Å². The summed E-state index contributed by atoms with van der Waals surface area (Å²) in [4.78, 5) is 27.9. The number of nitrogens with one attached hydrogen (secondary N) is 2. The molecule has 0 radical (unpaired) electrons. The molecule has 0 aromatic carbocycles. The van der Waals surface area contributed by atoms with Gasteiger partial charge in [0.05, 0.1) is 5.69 Å². The number of thiazole rings is 1. The van der Waals surface area contributed by atoms with Crippen molar-refractivity contribution in [1.29, 1.82) is 0 Å². The fourth-order valence-electron chi connectivity index (χ4n) is 1.01. The molecule has 0 fully saturated rings. The summed E-state index contributed by atoms with van der Waals surface area (Å²) in [5.41, 5.74) is 0.865. The molecule has 1 aromatic heterocycles. The predicted molar refractivity (Wildman–Crippen MR) is 63.5 cm³/mol. The zero-order valence-electron chi connectivity index (χ0n) is 9.75. The standard InChI is InChI=1S/C10H15N3O2S/c1-5(2)11-8(14)9(15)13-10-12-6(3)7(4)16-10/h5H,1-4H3,(H,11,14)(H,12,13,15). The predicted octanol–water partition coefficient (Wildman–Crippen LogP) is 1.22. The average molecular weight is 241 g/mol. The molecule has 0 aliphatic carbocycles. The molecule has 2 amide bonds. The third-order valence-electron chi connectivity index (χ3n) is 1.87. The second-order valence-corrected chi connectivity index (χ2v) is 4.95. The van der Waals surface area contributed by atoms with E-state index < -0.39 is 11.8 Å². The van der Waals surface area contributed by atoms with Crippen molar-refractivity contribution in [2.45, 2.75) is 33.7 Å². The van der Waals surface area contributed by atoms with Crippen LogP contribution in [-0.2, 0) is 9.59 Å². The van der Waals surface area contributed by atoms with Gasteiger partial charge in [-0.1, -0.05) is 0 Å². The van der Waals surface area contributed by atoms with Gasteiger partial charge in [-0.2, -0.15) is 0 Å². The Hall–Kier alpha value is -1.43. The first-order valence-corrected chi connectivity index (χ1v) is 5.77. The fourth-order valence-corrected chi connectivity index (χ4v) is 1.82. The van der Waals surface area contributed by atoms with Gasteiger partial charge in [-0.05, 0) is 27.7 Å². The first-order chi connectivity index (χ1) is 7.40. The van der Waals surface area contributed by atoms with Crippen molar-refractivity contribution in [3.63, 3.8) is 0 Å². The van der Waals surface area contributed by atoms with Gasteiger partial charge in [0.25, 0.3) is 0 Å². The highest BCUT2D eigenvalue weighted by molar-refractivity contribution is 7.15. The monoisotopic (exact) mass is 241 g/mol. The maximum Gasteiger partial charge on any atom is 0.315 e. The summed E-state index contributed by atoms with van der Waals surface area (Å²) in [6.07, 6.45) is 0. The normalized spacial score (nSPS) is 10.3. The molecule has 0 aliphatic rings. The first kappa shape index (κ1) is 12.6. The molecule has 1 aromatic rings. The molecule has 0 saturated heterocycles. The van der Waals surface area contributed by atoms with Gasteiger partial charge >= 0.3 is 11.8 Å². The summed E-state index contributed by atoms with van der Waals surface area (Å²) < 4.78 is 0. The van der Waals surface area contributed by atoms with E-state index in [1.54, 1.807) is 13.8 Å². The summed E-state index contributed by atoms with van der Waals surface area (Å²) in [7, 11) is 0. The van der Waals surface area contributed by atoms with Crippen LogP contribution in [0, 0.1) is 13.8 Å². The Morgan fingerprint density at radius 2 is 1.88 bits per heavy atom. The fraction of sp³-hybridized carbons (Fsp3) is 0.500. The Balaban J connectivity index is 2.61. The molecule has 0 atom stereocenters. The second kappa shape index (κ2) is 5.07. The molecule has 1 rings (SSSR count). The van der Waals surface area contributed by atoms with E-state index in [1.165, 1.54) is 11.3 Å². The van der Waals surface area contributed by atoms with Crippen molar-refractivity contribution >= 4 is 28.3 Å². The van der Waals surface area contributed by atoms with Gasteiger partial charge in [-0.3, -0.25) is 14.9 Å². The number of carbonyl (C=O) groups is 2. The van der Waals surface area contributed by atoms with Crippen molar-refractivity contribution in [2.75, 3.05) is 5.32 Å². The minimum atomic E-state index is -0.678. The smallest absolute Gasteiger partial charge is 0.315 e. The zero-order valence-corrected chi connectivity index (χ0v) is 10.6. The van der Waals surface area contributed by atoms with Crippen LogP contribution in [0.4, 0.5) is 5.13 Å². The Morgan fingerprint density at radius 1 is 1.25 bits per heavy atom. The summed E-state index contributed by atoms with van der Waals surface area (Å²) in [6.45, 7) is 7.36. The Labute approximate surface area is 98.3 Å². The molecule has 1 heterocycles. The number of aryl methyl sites for hydroxylation is 2. The lowest BCUT2D eigenvalue weighted by atomic mass is 10.4. The Kier molecular flexibility index (Phi) is 4.00. The highest BCUT2D eigenvalue weighted by Crippen LogP contribution is 2.20. The Morgan fingerprint density at radius 3 is 2.31 bits per heavy atom. The third kappa shape index (κ3) is 3.30. The average Bonchev–Trinajstić information content (AvgIpc) is 2.44. The number of hydrogen-bond acceptors (Lipinski definition) is 4. The molecule has 16 heavy (non-hydrogen) atoms. The zero-order chi connectivity index (χ0) is 12.3. The number of hydrogen-bond donors (Lipinski definition) is 2. The Bertz CT molecular complexity index is 393. The maximum absolute atomic E-state index is 11.4. The molecule has 5 nitrogen and oxygen atoms in total. The van der Waals surface area contributed by atoms with Crippen molar-refractivity contribution in [3.8, 4) is 0 Å². The number of carbonyl (C=O) groups excluding carboxylic acids is 2. The van der Waals surface area contributed by atoms with E-state index in [0.717, 1.165) is 10.6 Å². The lowest BCUT2D eigenvalue weighted by molar-refractivity contribution is -0.136. The quantitative estimate of drug-likeness (QED) is 0.765. The van der Waals surface area contributed by atoms with Gasteiger partial charge in [0.1, 0.15) is 0 Å². The minimum Gasteiger partial charge on any atom is -0.346 e. The maximum atomic E-state index is 11.4. The topological polar surface area (TPSA) is 71.1 Å². The summed E-state index contributed by atoms with van der Waals surface area (Å²) in [5.74, 6) is -1.32. The van der Waals surface area contributed by atoms with Crippen molar-refractivity contribution in [1.82, 2.24) is 10.3 Å². The van der Waals surface area contributed by atoms with Crippen molar-refractivity contribution in [2.24, 2.45) is 0 Å². The molecular weight excluding hydrogens is 226 g/mol. The SMILES string of the molecule is Cc1nc(NC(=O)C(=O)NC(C)C)sc1C. The van der Waals surface area contributed by atoms with Crippen LogP contribution in [0.1, 0.15) is 24.4 Å². The molecule has 0 aliphatic heterocycles. The number of amides is 2. The van der Waals surface area contributed by atoms with Crippen molar-refractivity contribution < 1.29 is 9.59 Å². The van der Waals surface area contributed by atoms with Gasteiger partial charge < -0.3 is 5.32 Å². The highest BCUT2D eigenvalue weighted by Gasteiger charge is 2.16. The van der Waals surface area contributed by atoms with Crippen LogP contribution in [0.5, 0.6) is 0 Å². The third-order valence-corrected chi connectivity index (χ3v) is 2.86. The van der Waals surface area contributed by atoms with Crippen LogP contribution in [0.3, 0.4) is 0 Å². The van der Waals surface area contributed by atoms with Crippen LogP contribution in [0.25, 0.3) is 0 Å². The number of aromatic nitrogens is 1. The summed E-state index contributed by atoms with van der Waals surface area (Å²) >= 11 is 1.36. The van der Waals surface area contributed by atoms with Gasteiger partial charge in [-0.15, -0.1) is 11.3 Å². The first-order valence-electron chi connectivity index (χ1n) is 4.96.